The molecule has 1 aromatic carbocycles. The van der Waals surface area contributed by atoms with Crippen LogP contribution in [0.2, 0.25) is 5.02 Å². The van der Waals surface area contributed by atoms with E-state index in [1.807, 2.05) is 18.2 Å². The molecule has 4 rings (SSSR count). The second kappa shape index (κ2) is 8.19. The summed E-state index contributed by atoms with van der Waals surface area (Å²) in [6.07, 6.45) is 6.58. The Labute approximate surface area is 165 Å². The second-order valence-corrected chi connectivity index (χ2v) is 8.30. The van der Waals surface area contributed by atoms with Crippen molar-refractivity contribution in [3.8, 4) is 0 Å². The van der Waals surface area contributed by atoms with Gasteiger partial charge in [-0.3, -0.25) is 9.69 Å². The van der Waals surface area contributed by atoms with Crippen molar-refractivity contribution >= 4 is 28.6 Å². The topological polar surface area (TPSA) is 49.6 Å². The standard InChI is InChI=1S/C21H28ClN3O2/c1-2-17-5-3-4-10-25(17)20(26)14-24-11-8-15(9-12-24)21-23-18-13-16(22)6-7-19(18)27-21/h6-7,13,15,17H,2-5,8-12,14H2,1H3. The van der Waals surface area contributed by atoms with Crippen molar-refractivity contribution in [1.29, 1.82) is 0 Å². The number of piperidine rings is 2. The summed E-state index contributed by atoms with van der Waals surface area (Å²) in [6.45, 7) is 5.50. The zero-order valence-electron chi connectivity index (χ0n) is 16.0. The predicted octanol–water partition coefficient (Wildman–Crippen LogP) is 4.45. The van der Waals surface area contributed by atoms with E-state index in [1.165, 1.54) is 6.42 Å². The minimum Gasteiger partial charge on any atom is -0.440 e. The van der Waals surface area contributed by atoms with E-state index in [4.69, 9.17) is 16.0 Å². The monoisotopic (exact) mass is 389 g/mol. The first-order chi connectivity index (χ1) is 13.1. The number of oxazole rings is 1. The van der Waals surface area contributed by atoms with Gasteiger partial charge >= 0.3 is 0 Å². The Morgan fingerprint density at radius 3 is 2.81 bits per heavy atom. The summed E-state index contributed by atoms with van der Waals surface area (Å²) in [5.74, 6) is 1.43. The molecule has 2 aliphatic rings. The van der Waals surface area contributed by atoms with Crippen LogP contribution in [0.15, 0.2) is 22.6 Å². The van der Waals surface area contributed by atoms with Crippen LogP contribution in [0.25, 0.3) is 11.1 Å². The summed E-state index contributed by atoms with van der Waals surface area (Å²) in [5, 5.41) is 0.679. The number of halogens is 1. The van der Waals surface area contributed by atoms with Crippen LogP contribution < -0.4 is 0 Å². The first-order valence-corrected chi connectivity index (χ1v) is 10.6. The highest BCUT2D eigenvalue weighted by Gasteiger charge is 2.29. The summed E-state index contributed by atoms with van der Waals surface area (Å²) >= 11 is 6.04. The lowest BCUT2D eigenvalue weighted by Gasteiger charge is -2.37. The van der Waals surface area contributed by atoms with Gasteiger partial charge in [0, 0.05) is 23.5 Å². The molecule has 2 saturated heterocycles. The number of hydrogen-bond acceptors (Lipinski definition) is 4. The Morgan fingerprint density at radius 2 is 2.04 bits per heavy atom. The maximum absolute atomic E-state index is 12.8. The minimum atomic E-state index is 0.302. The van der Waals surface area contributed by atoms with Crippen molar-refractivity contribution < 1.29 is 9.21 Å². The van der Waals surface area contributed by atoms with Gasteiger partial charge in [-0.15, -0.1) is 0 Å². The van der Waals surface area contributed by atoms with Crippen molar-refractivity contribution in [2.24, 2.45) is 0 Å². The van der Waals surface area contributed by atoms with Crippen LogP contribution in [0.5, 0.6) is 0 Å². The molecule has 1 atom stereocenters. The quantitative estimate of drug-likeness (QED) is 0.775. The number of rotatable bonds is 4. The predicted molar refractivity (Wildman–Crippen MR) is 107 cm³/mol. The second-order valence-electron chi connectivity index (χ2n) is 7.86. The van der Waals surface area contributed by atoms with E-state index < -0.39 is 0 Å². The van der Waals surface area contributed by atoms with Crippen molar-refractivity contribution in [3.05, 3.63) is 29.1 Å². The molecule has 146 valence electrons. The Morgan fingerprint density at radius 1 is 1.22 bits per heavy atom. The number of carbonyl (C=O) groups is 1. The van der Waals surface area contributed by atoms with Crippen molar-refractivity contribution in [1.82, 2.24) is 14.8 Å². The third kappa shape index (κ3) is 4.14. The largest absolute Gasteiger partial charge is 0.440 e. The minimum absolute atomic E-state index is 0.302. The highest BCUT2D eigenvalue weighted by Crippen LogP contribution is 2.31. The van der Waals surface area contributed by atoms with Crippen molar-refractivity contribution in [2.45, 2.75) is 57.4 Å². The maximum Gasteiger partial charge on any atom is 0.236 e. The lowest BCUT2D eigenvalue weighted by atomic mass is 9.96. The van der Waals surface area contributed by atoms with Crippen molar-refractivity contribution in [3.63, 3.8) is 0 Å². The molecule has 3 heterocycles. The third-order valence-electron chi connectivity index (χ3n) is 6.08. The lowest BCUT2D eigenvalue weighted by Crippen LogP contribution is -2.49. The molecule has 2 aliphatic heterocycles. The van der Waals surface area contributed by atoms with E-state index >= 15 is 0 Å². The molecule has 2 fully saturated rings. The highest BCUT2D eigenvalue weighted by atomic mass is 35.5. The Bertz CT molecular complexity index is 798. The molecule has 1 amide bonds. The van der Waals surface area contributed by atoms with Crippen LogP contribution in [0.3, 0.4) is 0 Å². The van der Waals surface area contributed by atoms with Crippen molar-refractivity contribution in [2.75, 3.05) is 26.2 Å². The molecule has 1 aromatic heterocycles. The van der Waals surface area contributed by atoms with E-state index in [0.717, 1.165) is 68.7 Å². The van der Waals surface area contributed by atoms with Gasteiger partial charge in [0.05, 0.1) is 6.54 Å². The molecule has 5 nitrogen and oxygen atoms in total. The van der Waals surface area contributed by atoms with E-state index in [2.05, 4.69) is 21.7 Å². The van der Waals surface area contributed by atoms with Gasteiger partial charge in [-0.2, -0.15) is 0 Å². The molecule has 0 spiro atoms. The van der Waals surface area contributed by atoms with E-state index in [0.29, 0.717) is 29.4 Å². The molecule has 0 saturated carbocycles. The van der Waals surface area contributed by atoms with Gasteiger partial charge in [0.25, 0.3) is 0 Å². The number of fused-ring (bicyclic) bond motifs is 1. The molecule has 0 aliphatic carbocycles. The first kappa shape index (κ1) is 18.8. The zero-order chi connectivity index (χ0) is 18.8. The number of amides is 1. The lowest BCUT2D eigenvalue weighted by molar-refractivity contribution is -0.136. The third-order valence-corrected chi connectivity index (χ3v) is 6.32. The van der Waals surface area contributed by atoms with E-state index in [9.17, 15) is 4.79 Å². The number of benzene rings is 1. The zero-order valence-corrected chi connectivity index (χ0v) is 16.7. The molecule has 1 unspecified atom stereocenters. The highest BCUT2D eigenvalue weighted by molar-refractivity contribution is 6.31. The smallest absolute Gasteiger partial charge is 0.236 e. The molecular formula is C21H28ClN3O2. The summed E-state index contributed by atoms with van der Waals surface area (Å²) < 4.78 is 5.94. The average molecular weight is 390 g/mol. The fourth-order valence-corrected chi connectivity index (χ4v) is 4.63. The summed E-state index contributed by atoms with van der Waals surface area (Å²) in [7, 11) is 0. The van der Waals surface area contributed by atoms with Gasteiger partial charge in [0.2, 0.25) is 5.91 Å². The van der Waals surface area contributed by atoms with Gasteiger partial charge in [0.1, 0.15) is 5.52 Å². The van der Waals surface area contributed by atoms with Gasteiger partial charge in [-0.05, 0) is 69.8 Å². The Kier molecular flexibility index (Phi) is 5.69. The van der Waals surface area contributed by atoms with Gasteiger partial charge in [0.15, 0.2) is 11.5 Å². The number of likely N-dealkylation sites (tertiary alicyclic amines) is 2. The van der Waals surface area contributed by atoms with Crippen LogP contribution in [0.4, 0.5) is 0 Å². The number of carbonyl (C=O) groups excluding carboxylic acids is 1. The van der Waals surface area contributed by atoms with Gasteiger partial charge < -0.3 is 9.32 Å². The fraction of sp³-hybridized carbons (Fsp3) is 0.619. The molecule has 6 heteroatoms. The molecule has 27 heavy (non-hydrogen) atoms. The Balaban J connectivity index is 1.33. The number of hydrogen-bond donors (Lipinski definition) is 0. The van der Waals surface area contributed by atoms with Crippen LogP contribution in [-0.4, -0.2) is 52.9 Å². The summed E-state index contributed by atoms with van der Waals surface area (Å²) in [4.78, 5) is 21.8. The number of nitrogens with zero attached hydrogens (tertiary/aromatic N) is 3. The maximum atomic E-state index is 12.8. The van der Waals surface area contributed by atoms with Gasteiger partial charge in [-0.1, -0.05) is 18.5 Å². The molecule has 2 aromatic rings. The average Bonchev–Trinajstić information content (AvgIpc) is 3.11. The van der Waals surface area contributed by atoms with Gasteiger partial charge in [-0.25, -0.2) is 4.98 Å². The fourth-order valence-electron chi connectivity index (χ4n) is 4.47. The van der Waals surface area contributed by atoms with Crippen LogP contribution >= 0.6 is 11.6 Å². The molecular weight excluding hydrogens is 362 g/mol. The summed E-state index contributed by atoms with van der Waals surface area (Å²) in [5.41, 5.74) is 1.62. The first-order valence-electron chi connectivity index (χ1n) is 10.2. The summed E-state index contributed by atoms with van der Waals surface area (Å²) in [6, 6.07) is 6.00. The van der Waals surface area contributed by atoms with E-state index in [1.54, 1.807) is 0 Å². The molecule has 0 N–H and O–H groups in total. The SMILES string of the molecule is CCC1CCCCN1C(=O)CN1CCC(c2nc3cc(Cl)ccc3o2)CC1. The van der Waals surface area contributed by atoms with Crippen LogP contribution in [-0.2, 0) is 4.79 Å². The molecule has 0 radical (unpaired) electrons. The molecule has 0 bridgehead atoms. The van der Waals surface area contributed by atoms with Crippen LogP contribution in [0, 0.1) is 0 Å². The number of aromatic nitrogens is 1. The Hall–Kier alpha value is -1.59. The van der Waals surface area contributed by atoms with Crippen LogP contribution in [0.1, 0.15) is 57.3 Å². The van der Waals surface area contributed by atoms with E-state index in [-0.39, 0.29) is 0 Å². The normalized spacial score (nSPS) is 22.4.